The van der Waals surface area contributed by atoms with Gasteiger partial charge < -0.3 is 33.3 Å². The molecule has 0 rings (SSSR count). The van der Waals surface area contributed by atoms with Crippen LogP contribution < -0.4 is 5.11 Å². The summed E-state index contributed by atoms with van der Waals surface area (Å²) in [5.74, 6) is -2.26. The topological polar surface area (TPSA) is 111 Å². The van der Waals surface area contributed by atoms with Crippen molar-refractivity contribution in [1.82, 2.24) is 0 Å². The van der Waals surface area contributed by atoms with Gasteiger partial charge in [0, 0.05) is 12.8 Å². The Morgan fingerprint density at radius 3 is 1.10 bits per heavy atom. The molecule has 9 nitrogen and oxygen atoms in total. The predicted octanol–water partition coefficient (Wildman–Crippen LogP) is 12.0. The Labute approximate surface area is 358 Å². The third-order valence-electron chi connectivity index (χ3n) is 11.1. The maximum atomic E-state index is 12.8. The van der Waals surface area contributed by atoms with Gasteiger partial charge in [0.15, 0.2) is 12.4 Å². The minimum atomic E-state index is -1.61. The van der Waals surface area contributed by atoms with Crippen LogP contribution in [-0.2, 0) is 33.3 Å². The van der Waals surface area contributed by atoms with E-state index in [4.69, 9.17) is 18.9 Å². The van der Waals surface area contributed by atoms with E-state index < -0.39 is 24.3 Å². The van der Waals surface area contributed by atoms with Gasteiger partial charge in [0.2, 0.25) is 0 Å². The predicted molar refractivity (Wildman–Crippen MR) is 237 cm³/mol. The van der Waals surface area contributed by atoms with Crippen molar-refractivity contribution in [3.63, 3.8) is 0 Å². The number of likely N-dealkylation sites (N-methyl/N-ethyl adjacent to an activating group) is 1. The van der Waals surface area contributed by atoms with Crippen molar-refractivity contribution in [2.75, 3.05) is 47.5 Å². The summed E-state index contributed by atoms with van der Waals surface area (Å²) in [5.41, 5.74) is 0. The Morgan fingerprint density at radius 1 is 0.448 bits per heavy atom. The highest BCUT2D eigenvalue weighted by Gasteiger charge is 2.22. The summed E-state index contributed by atoms with van der Waals surface area (Å²) >= 11 is 0. The number of nitrogens with zero attached hydrogens (tertiary/aromatic N) is 1. The van der Waals surface area contributed by atoms with Crippen molar-refractivity contribution in [2.24, 2.45) is 0 Å². The fourth-order valence-electron chi connectivity index (χ4n) is 7.24. The number of unbranched alkanes of at least 4 members (excludes halogenated alkanes) is 31. The Bertz CT molecular complexity index is 923. The highest BCUT2D eigenvalue weighted by atomic mass is 16.7. The fraction of sp³-hybridized carbons (Fsp3) is 0.939. The second-order valence-corrected chi connectivity index (χ2v) is 18.1. The van der Waals surface area contributed by atoms with Gasteiger partial charge in [-0.2, -0.15) is 0 Å². The molecule has 2 atom stereocenters. The molecular weight excluding hydrogens is 731 g/mol. The maximum Gasteiger partial charge on any atom is 0.306 e. The zero-order valence-electron chi connectivity index (χ0n) is 38.9. The smallest absolute Gasteiger partial charge is 0.306 e. The number of ether oxygens (including phenoxy) is 4. The van der Waals surface area contributed by atoms with Crippen LogP contribution in [0.15, 0.2) is 0 Å². The molecule has 0 aromatic rings. The first-order valence-electron chi connectivity index (χ1n) is 24.7. The van der Waals surface area contributed by atoms with Crippen LogP contribution in [0.2, 0.25) is 0 Å². The average Bonchev–Trinajstić information content (AvgIpc) is 3.18. The van der Waals surface area contributed by atoms with E-state index in [1.807, 2.05) is 21.1 Å². The molecule has 2 unspecified atom stereocenters. The maximum absolute atomic E-state index is 12.8. The molecule has 0 bridgehead atoms. The number of carbonyl (C=O) groups is 3. The van der Waals surface area contributed by atoms with E-state index in [1.54, 1.807) is 0 Å². The quantitative estimate of drug-likeness (QED) is 0.0258. The van der Waals surface area contributed by atoms with Gasteiger partial charge in [-0.05, 0) is 12.8 Å². The zero-order chi connectivity index (χ0) is 42.8. The van der Waals surface area contributed by atoms with Gasteiger partial charge in [-0.3, -0.25) is 9.59 Å². The van der Waals surface area contributed by atoms with E-state index in [1.165, 1.54) is 173 Å². The standard InChI is InChI=1S/C49H95NO8/c1-6-8-10-12-14-16-18-20-21-22-23-24-25-26-27-28-30-32-34-36-38-40-47(52)58-45(44-57-49(48(53)54)55-42-41-50(3,4)5)43-56-46(51)39-37-35-33-31-29-19-17-15-13-11-9-7-2/h45,49H,6-44H2,1-5H3. The Hall–Kier alpha value is -1.71. The van der Waals surface area contributed by atoms with Crippen LogP contribution in [0.4, 0.5) is 0 Å². The second-order valence-electron chi connectivity index (χ2n) is 18.1. The summed E-state index contributed by atoms with van der Waals surface area (Å²) in [6.45, 7) is 4.78. The summed E-state index contributed by atoms with van der Waals surface area (Å²) in [6, 6.07) is 0. The molecule has 0 aliphatic carbocycles. The van der Waals surface area contributed by atoms with Gasteiger partial charge in [-0.15, -0.1) is 0 Å². The third-order valence-corrected chi connectivity index (χ3v) is 11.1. The molecule has 0 saturated heterocycles. The molecule has 0 N–H and O–H groups in total. The van der Waals surface area contributed by atoms with E-state index in [2.05, 4.69) is 13.8 Å². The molecule has 344 valence electrons. The SMILES string of the molecule is CCCCCCCCCCCCCCCCCCCCCCCC(=O)OC(COC(=O)CCCCCCCCCCCCCC)COC(OCC[N+](C)(C)C)C(=O)[O-]. The van der Waals surface area contributed by atoms with Gasteiger partial charge in [0.05, 0.1) is 40.3 Å². The van der Waals surface area contributed by atoms with Crippen molar-refractivity contribution in [3.05, 3.63) is 0 Å². The highest BCUT2D eigenvalue weighted by molar-refractivity contribution is 5.70. The van der Waals surface area contributed by atoms with E-state index in [0.29, 0.717) is 17.4 Å². The van der Waals surface area contributed by atoms with Crippen LogP contribution in [0, 0.1) is 0 Å². The van der Waals surface area contributed by atoms with Gasteiger partial charge in [-0.1, -0.05) is 213 Å². The van der Waals surface area contributed by atoms with Crippen LogP contribution in [0.3, 0.4) is 0 Å². The van der Waals surface area contributed by atoms with Crippen molar-refractivity contribution < 1.29 is 42.9 Å². The van der Waals surface area contributed by atoms with E-state index in [0.717, 1.165) is 38.5 Å². The molecule has 0 aromatic carbocycles. The number of aliphatic carboxylic acids is 1. The zero-order valence-corrected chi connectivity index (χ0v) is 38.9. The lowest BCUT2D eigenvalue weighted by Crippen LogP contribution is -2.44. The van der Waals surface area contributed by atoms with Crippen LogP contribution >= 0.6 is 0 Å². The molecule has 0 aliphatic heterocycles. The highest BCUT2D eigenvalue weighted by Crippen LogP contribution is 2.17. The summed E-state index contributed by atoms with van der Waals surface area (Å²) in [5, 5.41) is 11.7. The molecule has 0 fully saturated rings. The Kier molecular flexibility index (Phi) is 40.8. The average molecular weight is 826 g/mol. The van der Waals surface area contributed by atoms with Crippen LogP contribution in [0.1, 0.15) is 239 Å². The first kappa shape index (κ1) is 56.3. The summed E-state index contributed by atoms with van der Waals surface area (Å²) in [7, 11) is 5.92. The largest absolute Gasteiger partial charge is 0.545 e. The lowest BCUT2D eigenvalue weighted by Gasteiger charge is -2.26. The number of rotatable bonds is 46. The fourth-order valence-corrected chi connectivity index (χ4v) is 7.24. The number of carboxylic acid groups (broad SMARTS) is 1. The number of esters is 2. The van der Waals surface area contributed by atoms with Crippen LogP contribution in [-0.4, -0.2) is 82.3 Å². The number of carbonyl (C=O) groups excluding carboxylic acids is 3. The first-order valence-corrected chi connectivity index (χ1v) is 24.7. The lowest BCUT2D eigenvalue weighted by molar-refractivity contribution is -0.870. The molecule has 0 radical (unpaired) electrons. The molecule has 0 aliphatic rings. The number of hydrogen-bond donors (Lipinski definition) is 0. The molecule has 0 heterocycles. The van der Waals surface area contributed by atoms with Crippen molar-refractivity contribution >= 4 is 17.9 Å². The third kappa shape index (κ3) is 42.4. The summed E-state index contributed by atoms with van der Waals surface area (Å²) in [6.07, 6.45) is 39.9. The molecule has 58 heavy (non-hydrogen) atoms. The normalized spacial score (nSPS) is 12.8. The minimum Gasteiger partial charge on any atom is -0.545 e. The van der Waals surface area contributed by atoms with E-state index >= 15 is 0 Å². The second kappa shape index (κ2) is 42.0. The monoisotopic (exact) mass is 826 g/mol. The molecule has 0 saturated carbocycles. The molecule has 0 aromatic heterocycles. The molecular formula is C49H95NO8. The molecule has 9 heteroatoms. The Morgan fingerprint density at radius 2 is 0.776 bits per heavy atom. The number of hydrogen-bond acceptors (Lipinski definition) is 8. The van der Waals surface area contributed by atoms with Gasteiger partial charge in [0.1, 0.15) is 13.2 Å². The first-order chi connectivity index (χ1) is 28.1. The van der Waals surface area contributed by atoms with Gasteiger partial charge in [0.25, 0.3) is 0 Å². The van der Waals surface area contributed by atoms with Crippen molar-refractivity contribution in [3.8, 4) is 0 Å². The molecule has 0 spiro atoms. The van der Waals surface area contributed by atoms with Gasteiger partial charge >= 0.3 is 11.9 Å². The van der Waals surface area contributed by atoms with Crippen LogP contribution in [0.5, 0.6) is 0 Å². The van der Waals surface area contributed by atoms with E-state index in [9.17, 15) is 19.5 Å². The number of quaternary nitrogens is 1. The van der Waals surface area contributed by atoms with E-state index in [-0.39, 0.29) is 32.2 Å². The van der Waals surface area contributed by atoms with Crippen molar-refractivity contribution in [2.45, 2.75) is 251 Å². The lowest BCUT2D eigenvalue weighted by atomic mass is 10.0. The van der Waals surface area contributed by atoms with Crippen LogP contribution in [0.25, 0.3) is 0 Å². The molecule has 0 amide bonds. The van der Waals surface area contributed by atoms with Crippen molar-refractivity contribution in [1.29, 1.82) is 0 Å². The summed E-state index contributed by atoms with van der Waals surface area (Å²) in [4.78, 5) is 37.0. The summed E-state index contributed by atoms with van der Waals surface area (Å²) < 4.78 is 22.6. The number of carboxylic acids is 1. The van der Waals surface area contributed by atoms with Gasteiger partial charge in [-0.25, -0.2) is 0 Å². The minimum absolute atomic E-state index is 0.153. The Balaban J connectivity index is 4.27.